The molecule has 0 aliphatic rings. The van der Waals surface area contributed by atoms with Gasteiger partial charge in [-0.1, -0.05) is 37.7 Å². The van der Waals surface area contributed by atoms with Crippen LogP contribution < -0.4 is 10.3 Å². The molecule has 23 heavy (non-hydrogen) atoms. The van der Waals surface area contributed by atoms with Crippen molar-refractivity contribution in [2.75, 3.05) is 18.1 Å². The number of hydrogen-bond donors (Lipinski definition) is 1. The smallest absolute Gasteiger partial charge is 0.251 e. The van der Waals surface area contributed by atoms with E-state index in [1.807, 2.05) is 12.1 Å². The molecule has 0 amide bonds. The predicted octanol–water partition coefficient (Wildman–Crippen LogP) is 3.76. The van der Waals surface area contributed by atoms with Crippen molar-refractivity contribution in [1.82, 2.24) is 9.97 Å². The highest BCUT2D eigenvalue weighted by Crippen LogP contribution is 2.16. The Hall–Kier alpha value is -1.40. The minimum Gasteiger partial charge on any atom is -0.493 e. The van der Waals surface area contributed by atoms with E-state index in [1.165, 1.54) is 17.3 Å². The quantitative estimate of drug-likeness (QED) is 0.424. The second-order valence-corrected chi connectivity index (χ2v) is 7.23. The average molecular weight is 351 g/mol. The number of benzene rings is 1. The Morgan fingerprint density at radius 1 is 1.22 bits per heavy atom. The van der Waals surface area contributed by atoms with Gasteiger partial charge in [-0.05, 0) is 29.9 Å². The van der Waals surface area contributed by atoms with Crippen molar-refractivity contribution in [3.63, 3.8) is 0 Å². The fourth-order valence-corrected chi connectivity index (χ4v) is 3.23. The van der Waals surface area contributed by atoms with Crippen LogP contribution in [0.3, 0.4) is 0 Å². The number of ether oxygens (including phenoxy) is 1. The van der Waals surface area contributed by atoms with Gasteiger partial charge in [0.15, 0.2) is 5.16 Å². The number of rotatable bonds is 9. The first kappa shape index (κ1) is 17.9. The number of nitrogens with zero attached hydrogens (tertiary/aromatic N) is 1. The summed E-state index contributed by atoms with van der Waals surface area (Å²) in [4.78, 5) is 18.9. The van der Waals surface area contributed by atoms with Gasteiger partial charge in [0.2, 0.25) is 0 Å². The Kier molecular flexibility index (Phi) is 7.55. The summed E-state index contributed by atoms with van der Waals surface area (Å²) >= 11 is 3.27. The van der Waals surface area contributed by atoms with Crippen LogP contribution in [0.15, 0.2) is 40.3 Å². The molecule has 6 heteroatoms. The predicted molar refractivity (Wildman–Crippen MR) is 98.7 cm³/mol. The number of H-pyrrole nitrogens is 1. The lowest BCUT2D eigenvalue weighted by molar-refractivity contribution is 0.344. The molecule has 124 valence electrons. The molecule has 1 heterocycles. The van der Waals surface area contributed by atoms with Gasteiger partial charge >= 0.3 is 0 Å². The highest BCUT2D eigenvalue weighted by atomic mass is 32.2. The van der Waals surface area contributed by atoms with Crippen LogP contribution in [0.2, 0.25) is 0 Å². The topological polar surface area (TPSA) is 55.0 Å². The van der Waals surface area contributed by atoms with Crippen molar-refractivity contribution < 1.29 is 4.74 Å². The molecule has 1 aromatic heterocycles. The number of nitrogens with one attached hydrogen (secondary N) is 1. The second kappa shape index (κ2) is 9.67. The second-order valence-electron chi connectivity index (χ2n) is 4.87. The summed E-state index contributed by atoms with van der Waals surface area (Å²) < 4.78 is 5.71. The lowest BCUT2D eigenvalue weighted by Crippen LogP contribution is -2.10. The SMILES string of the molecule is CCSCc1cc(=O)[nH]c(SCCOc2ccc(CC)cc2)n1. The minimum absolute atomic E-state index is 0.0923. The fourth-order valence-electron chi connectivity index (χ4n) is 1.95. The van der Waals surface area contributed by atoms with Crippen LogP contribution in [0, 0.1) is 0 Å². The summed E-state index contributed by atoms with van der Waals surface area (Å²) in [5, 5.41) is 0.661. The highest BCUT2D eigenvalue weighted by molar-refractivity contribution is 7.99. The number of hydrogen-bond acceptors (Lipinski definition) is 5. The molecule has 0 unspecified atom stereocenters. The molecule has 0 saturated heterocycles. The summed E-state index contributed by atoms with van der Waals surface area (Å²) in [6, 6.07) is 9.71. The molecule has 0 aliphatic carbocycles. The van der Waals surface area contributed by atoms with Crippen molar-refractivity contribution in [1.29, 1.82) is 0 Å². The van der Waals surface area contributed by atoms with Crippen LogP contribution >= 0.6 is 23.5 Å². The standard InChI is InChI=1S/C17H22N2O2S2/c1-3-13-5-7-15(8-6-13)21-9-10-23-17-18-14(12-22-4-2)11-16(20)19-17/h5-8,11H,3-4,9-10,12H2,1-2H3,(H,18,19,20). The summed E-state index contributed by atoms with van der Waals surface area (Å²) in [6.07, 6.45) is 1.03. The average Bonchev–Trinajstić information content (AvgIpc) is 2.57. The third-order valence-corrected chi connectivity index (χ3v) is 4.90. The third-order valence-electron chi connectivity index (χ3n) is 3.15. The van der Waals surface area contributed by atoms with E-state index in [-0.39, 0.29) is 5.56 Å². The van der Waals surface area contributed by atoms with Crippen LogP contribution in [0.5, 0.6) is 5.75 Å². The van der Waals surface area contributed by atoms with Crippen LogP contribution in [0.1, 0.15) is 25.1 Å². The van der Waals surface area contributed by atoms with Crippen LogP contribution in [-0.4, -0.2) is 28.1 Å². The number of aromatic nitrogens is 2. The lowest BCUT2D eigenvalue weighted by Gasteiger charge is -2.07. The van der Waals surface area contributed by atoms with Gasteiger partial charge in [-0.15, -0.1) is 0 Å². The maximum atomic E-state index is 11.6. The molecule has 0 spiro atoms. The van der Waals surface area contributed by atoms with Crippen molar-refractivity contribution in [3.05, 3.63) is 51.9 Å². The van der Waals surface area contributed by atoms with E-state index >= 15 is 0 Å². The Bertz CT molecular complexity index is 656. The van der Waals surface area contributed by atoms with Gasteiger partial charge < -0.3 is 9.72 Å². The Balaban J connectivity index is 1.81. The number of thioether (sulfide) groups is 2. The van der Waals surface area contributed by atoms with Crippen molar-refractivity contribution in [3.8, 4) is 5.75 Å². The molecule has 2 aromatic rings. The zero-order valence-corrected chi connectivity index (χ0v) is 15.1. The van der Waals surface area contributed by atoms with E-state index in [1.54, 1.807) is 17.8 Å². The van der Waals surface area contributed by atoms with Gasteiger partial charge in [-0.2, -0.15) is 11.8 Å². The summed E-state index contributed by atoms with van der Waals surface area (Å²) in [6.45, 7) is 4.80. The molecule has 1 aromatic carbocycles. The highest BCUT2D eigenvalue weighted by Gasteiger charge is 2.03. The van der Waals surface area contributed by atoms with Gasteiger partial charge in [0.1, 0.15) is 5.75 Å². The summed E-state index contributed by atoms with van der Waals surface area (Å²) in [7, 11) is 0. The van der Waals surface area contributed by atoms with Gasteiger partial charge in [-0.3, -0.25) is 4.79 Å². The molecule has 0 radical (unpaired) electrons. The third kappa shape index (κ3) is 6.31. The molecule has 0 saturated carbocycles. The van der Waals surface area contributed by atoms with E-state index in [9.17, 15) is 4.79 Å². The zero-order chi connectivity index (χ0) is 16.5. The largest absolute Gasteiger partial charge is 0.493 e. The first-order chi connectivity index (χ1) is 11.2. The van der Waals surface area contributed by atoms with Crippen molar-refractivity contribution >= 4 is 23.5 Å². The molecule has 1 N–H and O–H groups in total. The van der Waals surface area contributed by atoms with E-state index in [2.05, 4.69) is 35.9 Å². The van der Waals surface area contributed by atoms with Crippen LogP contribution in [0.25, 0.3) is 0 Å². The first-order valence-corrected chi connectivity index (χ1v) is 9.87. The lowest BCUT2D eigenvalue weighted by atomic mass is 10.2. The van der Waals surface area contributed by atoms with Gasteiger partial charge in [0.05, 0.1) is 12.3 Å². The van der Waals surface area contributed by atoms with E-state index in [0.29, 0.717) is 11.8 Å². The summed E-state index contributed by atoms with van der Waals surface area (Å²) in [5.74, 6) is 3.40. The molecule has 4 nitrogen and oxygen atoms in total. The van der Waals surface area contributed by atoms with E-state index in [4.69, 9.17) is 4.74 Å². The Morgan fingerprint density at radius 3 is 2.70 bits per heavy atom. The normalized spacial score (nSPS) is 10.7. The molecule has 0 bridgehead atoms. The first-order valence-electron chi connectivity index (χ1n) is 7.73. The molecule has 2 rings (SSSR count). The molecule has 0 atom stereocenters. The van der Waals surface area contributed by atoms with Gasteiger partial charge in [0.25, 0.3) is 5.56 Å². The Morgan fingerprint density at radius 2 is 2.00 bits per heavy atom. The minimum atomic E-state index is -0.0923. The van der Waals surface area contributed by atoms with Gasteiger partial charge in [0, 0.05) is 17.6 Å². The van der Waals surface area contributed by atoms with Crippen molar-refractivity contribution in [2.24, 2.45) is 0 Å². The maximum Gasteiger partial charge on any atom is 0.251 e. The molecule has 0 aliphatic heterocycles. The molecular formula is C17H22N2O2S2. The Labute approximate surface area is 145 Å². The van der Waals surface area contributed by atoms with Crippen LogP contribution in [-0.2, 0) is 12.2 Å². The monoisotopic (exact) mass is 350 g/mol. The number of aryl methyl sites for hydroxylation is 1. The van der Waals surface area contributed by atoms with E-state index in [0.717, 1.165) is 35.1 Å². The maximum absolute atomic E-state index is 11.6. The molecule has 0 fully saturated rings. The fraction of sp³-hybridized carbons (Fsp3) is 0.412. The summed E-state index contributed by atoms with van der Waals surface area (Å²) in [5.41, 5.74) is 2.04. The number of aromatic amines is 1. The van der Waals surface area contributed by atoms with Gasteiger partial charge in [-0.25, -0.2) is 4.98 Å². The zero-order valence-electron chi connectivity index (χ0n) is 13.5. The van der Waals surface area contributed by atoms with E-state index < -0.39 is 0 Å². The molecular weight excluding hydrogens is 328 g/mol. The van der Waals surface area contributed by atoms with Crippen molar-refractivity contribution in [2.45, 2.75) is 31.2 Å². The van der Waals surface area contributed by atoms with Crippen LogP contribution in [0.4, 0.5) is 0 Å².